The van der Waals surface area contributed by atoms with Crippen LogP contribution in [0.4, 0.5) is 0 Å². The predicted octanol–water partition coefficient (Wildman–Crippen LogP) is 2.97. The largest absolute Gasteiger partial charge is 0.383 e. The van der Waals surface area contributed by atoms with Gasteiger partial charge in [0.15, 0.2) is 0 Å². The van der Waals surface area contributed by atoms with Crippen molar-refractivity contribution in [1.82, 2.24) is 9.78 Å². The number of aromatic nitrogens is 2. The van der Waals surface area contributed by atoms with Gasteiger partial charge < -0.3 is 10.5 Å². The van der Waals surface area contributed by atoms with Crippen LogP contribution in [0.3, 0.4) is 0 Å². The Morgan fingerprint density at radius 1 is 1.58 bits per heavy atom. The van der Waals surface area contributed by atoms with Crippen LogP contribution in [0.2, 0.25) is 0 Å². The maximum atomic E-state index is 6.34. The lowest BCUT2D eigenvalue weighted by atomic mass is 10.2. The quantitative estimate of drug-likeness (QED) is 0.823. The van der Waals surface area contributed by atoms with E-state index in [1.807, 2.05) is 22.6 Å². The lowest BCUT2D eigenvalue weighted by molar-refractivity contribution is 0.182. The van der Waals surface area contributed by atoms with Crippen molar-refractivity contribution in [2.75, 3.05) is 19.5 Å². The molecule has 0 radical (unpaired) electrons. The summed E-state index contributed by atoms with van der Waals surface area (Å²) in [6.45, 7) is 1.41. The van der Waals surface area contributed by atoms with Crippen molar-refractivity contribution < 1.29 is 4.74 Å². The molecule has 2 rings (SSSR count). The summed E-state index contributed by atoms with van der Waals surface area (Å²) < 4.78 is 8.06. The minimum Gasteiger partial charge on any atom is -0.383 e. The summed E-state index contributed by atoms with van der Waals surface area (Å²) in [4.78, 5) is 0. The van der Waals surface area contributed by atoms with Crippen LogP contribution in [-0.2, 0) is 11.3 Å². The standard InChI is InChI=1S/C13H22BrN3OS/c1-18-7-6-17-13(11(14)8-16-17)12(15)9-19-10-4-2-3-5-10/h8,10,12H,2-7,9,15H2,1H3. The zero-order valence-corrected chi connectivity index (χ0v) is 13.8. The van der Waals surface area contributed by atoms with Crippen LogP contribution in [0.5, 0.6) is 0 Å². The van der Waals surface area contributed by atoms with E-state index in [0.717, 1.165) is 27.7 Å². The topological polar surface area (TPSA) is 53.1 Å². The van der Waals surface area contributed by atoms with Gasteiger partial charge in [-0.15, -0.1) is 0 Å². The van der Waals surface area contributed by atoms with E-state index in [2.05, 4.69) is 21.0 Å². The maximum Gasteiger partial charge on any atom is 0.0702 e. The first kappa shape index (κ1) is 15.4. The molecule has 1 fully saturated rings. The molecule has 6 heteroatoms. The Balaban J connectivity index is 1.92. The summed E-state index contributed by atoms with van der Waals surface area (Å²) in [5, 5.41) is 5.16. The number of thioether (sulfide) groups is 1. The van der Waals surface area contributed by atoms with E-state index in [1.54, 1.807) is 7.11 Å². The lowest BCUT2D eigenvalue weighted by Gasteiger charge is -2.17. The molecule has 19 heavy (non-hydrogen) atoms. The van der Waals surface area contributed by atoms with Gasteiger partial charge in [-0.3, -0.25) is 4.68 Å². The van der Waals surface area contributed by atoms with Gasteiger partial charge in [-0.05, 0) is 28.8 Å². The summed E-state index contributed by atoms with van der Waals surface area (Å²) in [6.07, 6.45) is 7.28. The smallest absolute Gasteiger partial charge is 0.0702 e. The first-order valence-corrected chi connectivity index (χ1v) is 8.64. The van der Waals surface area contributed by atoms with Crippen molar-refractivity contribution >= 4 is 27.7 Å². The van der Waals surface area contributed by atoms with Crippen molar-refractivity contribution in [3.63, 3.8) is 0 Å². The molecule has 1 aromatic rings. The number of hydrogen-bond acceptors (Lipinski definition) is 4. The first-order valence-electron chi connectivity index (χ1n) is 6.79. The van der Waals surface area contributed by atoms with Gasteiger partial charge in [0.2, 0.25) is 0 Å². The van der Waals surface area contributed by atoms with Gasteiger partial charge in [-0.1, -0.05) is 12.8 Å². The van der Waals surface area contributed by atoms with E-state index in [4.69, 9.17) is 10.5 Å². The van der Waals surface area contributed by atoms with Crippen LogP contribution in [0.25, 0.3) is 0 Å². The zero-order chi connectivity index (χ0) is 13.7. The van der Waals surface area contributed by atoms with E-state index in [9.17, 15) is 0 Å². The Morgan fingerprint density at radius 2 is 2.32 bits per heavy atom. The second-order valence-electron chi connectivity index (χ2n) is 4.94. The van der Waals surface area contributed by atoms with Gasteiger partial charge in [0.05, 0.1) is 35.6 Å². The van der Waals surface area contributed by atoms with E-state index < -0.39 is 0 Å². The van der Waals surface area contributed by atoms with Crippen LogP contribution in [0, 0.1) is 0 Å². The van der Waals surface area contributed by atoms with Crippen LogP contribution in [0.1, 0.15) is 37.4 Å². The van der Waals surface area contributed by atoms with Gasteiger partial charge in [-0.2, -0.15) is 16.9 Å². The van der Waals surface area contributed by atoms with Crippen molar-refractivity contribution in [1.29, 1.82) is 0 Å². The molecular weight excluding hydrogens is 326 g/mol. The van der Waals surface area contributed by atoms with Gasteiger partial charge in [0, 0.05) is 18.1 Å². The normalized spacial score (nSPS) is 18.1. The van der Waals surface area contributed by atoms with E-state index in [1.165, 1.54) is 25.7 Å². The summed E-state index contributed by atoms with van der Waals surface area (Å²) in [6, 6.07) is 0.0272. The van der Waals surface area contributed by atoms with Crippen molar-refractivity contribution in [3.8, 4) is 0 Å². The highest BCUT2D eigenvalue weighted by Gasteiger charge is 2.20. The molecule has 0 amide bonds. The van der Waals surface area contributed by atoms with Gasteiger partial charge in [0.1, 0.15) is 0 Å². The monoisotopic (exact) mass is 347 g/mol. The van der Waals surface area contributed by atoms with Gasteiger partial charge in [-0.25, -0.2) is 0 Å². The molecule has 1 aliphatic rings. The van der Waals surface area contributed by atoms with Gasteiger partial charge in [0.25, 0.3) is 0 Å². The van der Waals surface area contributed by atoms with E-state index in [0.29, 0.717) is 6.61 Å². The highest BCUT2D eigenvalue weighted by molar-refractivity contribution is 9.10. The number of hydrogen-bond donors (Lipinski definition) is 1. The Labute approximate surface area is 127 Å². The second-order valence-corrected chi connectivity index (χ2v) is 7.13. The van der Waals surface area contributed by atoms with Crippen LogP contribution >= 0.6 is 27.7 Å². The number of rotatable bonds is 7. The number of nitrogens with two attached hydrogens (primary N) is 1. The zero-order valence-electron chi connectivity index (χ0n) is 11.3. The molecule has 0 aromatic carbocycles. The highest BCUT2D eigenvalue weighted by atomic mass is 79.9. The van der Waals surface area contributed by atoms with Crippen LogP contribution < -0.4 is 5.73 Å². The molecule has 1 aromatic heterocycles. The van der Waals surface area contributed by atoms with Crippen molar-refractivity contribution in [2.45, 2.75) is 43.5 Å². The number of ether oxygens (including phenoxy) is 1. The molecule has 1 aliphatic carbocycles. The number of methoxy groups -OCH3 is 1. The van der Waals surface area contributed by atoms with Crippen LogP contribution in [0.15, 0.2) is 10.7 Å². The number of halogens is 1. The third kappa shape index (κ3) is 4.21. The van der Waals surface area contributed by atoms with Crippen LogP contribution in [-0.4, -0.2) is 34.5 Å². The Hall–Kier alpha value is -0.0400. The third-order valence-corrected chi connectivity index (χ3v) is 5.61. The Bertz CT molecular complexity index is 393. The molecule has 1 heterocycles. The van der Waals surface area contributed by atoms with Crippen molar-refractivity contribution in [3.05, 3.63) is 16.4 Å². The van der Waals surface area contributed by atoms with Gasteiger partial charge >= 0.3 is 0 Å². The Kier molecular flexibility index (Phi) is 6.19. The fourth-order valence-corrected chi connectivity index (χ4v) is 4.36. The minimum absolute atomic E-state index is 0.0272. The molecule has 0 aliphatic heterocycles. The summed E-state index contributed by atoms with van der Waals surface area (Å²) in [5.41, 5.74) is 7.42. The summed E-state index contributed by atoms with van der Waals surface area (Å²) >= 11 is 5.56. The molecule has 1 atom stereocenters. The van der Waals surface area contributed by atoms with Crippen molar-refractivity contribution in [2.24, 2.45) is 5.73 Å². The molecule has 4 nitrogen and oxygen atoms in total. The third-order valence-electron chi connectivity index (χ3n) is 3.51. The fourth-order valence-electron chi connectivity index (χ4n) is 2.47. The molecule has 0 spiro atoms. The maximum absolute atomic E-state index is 6.34. The lowest BCUT2D eigenvalue weighted by Crippen LogP contribution is -2.21. The summed E-state index contributed by atoms with van der Waals surface area (Å²) in [5.74, 6) is 0.960. The van der Waals surface area contributed by atoms with E-state index >= 15 is 0 Å². The average Bonchev–Trinajstić information content (AvgIpc) is 3.03. The Morgan fingerprint density at radius 3 is 3.00 bits per heavy atom. The number of nitrogens with zero attached hydrogens (tertiary/aromatic N) is 2. The fraction of sp³-hybridized carbons (Fsp3) is 0.769. The molecule has 108 valence electrons. The minimum atomic E-state index is 0.0272. The molecule has 1 saturated carbocycles. The average molecular weight is 348 g/mol. The first-order chi connectivity index (χ1) is 9.22. The molecule has 2 N–H and O–H groups in total. The highest BCUT2D eigenvalue weighted by Crippen LogP contribution is 2.32. The molecule has 1 unspecified atom stereocenters. The predicted molar refractivity (Wildman–Crippen MR) is 83.4 cm³/mol. The van der Waals surface area contributed by atoms with E-state index in [-0.39, 0.29) is 6.04 Å². The molecule has 0 saturated heterocycles. The second kappa shape index (κ2) is 7.67. The SMILES string of the molecule is COCCn1ncc(Br)c1C(N)CSC1CCCC1. The molecular formula is C13H22BrN3OS. The molecule has 0 bridgehead atoms. The summed E-state index contributed by atoms with van der Waals surface area (Å²) in [7, 11) is 1.70.